The van der Waals surface area contributed by atoms with E-state index in [9.17, 15) is 10.1 Å². The molecule has 0 bridgehead atoms. The molecule has 2 rings (SSSR count). The quantitative estimate of drug-likeness (QED) is 0.604. The monoisotopic (exact) mass is 279 g/mol. The summed E-state index contributed by atoms with van der Waals surface area (Å²) >= 11 is 3.22. The summed E-state index contributed by atoms with van der Waals surface area (Å²) in [6.07, 6.45) is 8.41. The minimum atomic E-state index is -0.390. The van der Waals surface area contributed by atoms with Crippen molar-refractivity contribution < 1.29 is 4.92 Å². The first-order chi connectivity index (χ1) is 7.68. The van der Waals surface area contributed by atoms with Crippen molar-refractivity contribution in [1.82, 2.24) is 0 Å². The third-order valence-electron chi connectivity index (χ3n) is 2.47. The SMILES string of the molecule is O=[N+]([O-])c1ccc(C2=CCCC=C2)cc1Br. The van der Waals surface area contributed by atoms with Crippen LogP contribution in [-0.4, -0.2) is 4.92 Å². The van der Waals surface area contributed by atoms with E-state index in [0.29, 0.717) is 4.47 Å². The Labute approximate surface area is 102 Å². The van der Waals surface area contributed by atoms with Crippen molar-refractivity contribution in [1.29, 1.82) is 0 Å². The zero-order valence-corrected chi connectivity index (χ0v) is 10.1. The average molecular weight is 280 g/mol. The first-order valence-electron chi connectivity index (χ1n) is 4.99. The summed E-state index contributed by atoms with van der Waals surface area (Å²) in [5.74, 6) is 0. The molecule has 0 fully saturated rings. The van der Waals surface area contributed by atoms with E-state index in [0.717, 1.165) is 24.0 Å². The lowest BCUT2D eigenvalue weighted by molar-refractivity contribution is -0.385. The van der Waals surface area contributed by atoms with E-state index in [4.69, 9.17) is 0 Å². The Hall–Kier alpha value is -1.42. The summed E-state index contributed by atoms with van der Waals surface area (Å²) in [7, 11) is 0. The Morgan fingerprint density at radius 1 is 1.31 bits per heavy atom. The van der Waals surface area contributed by atoms with Crippen LogP contribution in [0, 0.1) is 10.1 Å². The normalized spacial score (nSPS) is 14.7. The molecule has 0 unspecified atom stereocenters. The van der Waals surface area contributed by atoms with Crippen LogP contribution in [0.3, 0.4) is 0 Å². The molecule has 1 aromatic rings. The van der Waals surface area contributed by atoms with Crippen LogP contribution in [0.25, 0.3) is 5.57 Å². The summed E-state index contributed by atoms with van der Waals surface area (Å²) in [5, 5.41) is 10.7. The molecule has 0 saturated carbocycles. The molecule has 1 aromatic carbocycles. The molecule has 1 aliphatic rings. The number of rotatable bonds is 2. The number of nitro benzene ring substituents is 1. The van der Waals surface area contributed by atoms with Crippen molar-refractivity contribution in [3.63, 3.8) is 0 Å². The van der Waals surface area contributed by atoms with Gasteiger partial charge in [0.1, 0.15) is 0 Å². The second-order valence-corrected chi connectivity index (χ2v) is 4.42. The molecule has 0 saturated heterocycles. The highest BCUT2D eigenvalue weighted by molar-refractivity contribution is 9.10. The number of nitrogens with zero attached hydrogens (tertiary/aromatic N) is 1. The van der Waals surface area contributed by atoms with Crippen molar-refractivity contribution in [3.05, 3.63) is 56.6 Å². The zero-order chi connectivity index (χ0) is 11.5. The molecular formula is C12H10BrNO2. The van der Waals surface area contributed by atoms with Gasteiger partial charge in [-0.1, -0.05) is 18.2 Å². The Bertz CT molecular complexity index is 492. The standard InChI is InChI=1S/C12H10BrNO2/c13-11-8-10(6-7-12(11)14(15)16)9-4-2-1-3-5-9/h2,4-8H,1,3H2. The predicted molar refractivity (Wildman–Crippen MR) is 67.1 cm³/mol. The Balaban J connectivity index is 2.38. The van der Waals surface area contributed by atoms with Crippen LogP contribution in [0.2, 0.25) is 0 Å². The number of benzene rings is 1. The maximum absolute atomic E-state index is 10.7. The van der Waals surface area contributed by atoms with Crippen molar-refractivity contribution >= 4 is 27.2 Å². The van der Waals surface area contributed by atoms with Crippen molar-refractivity contribution in [3.8, 4) is 0 Å². The lowest BCUT2D eigenvalue weighted by atomic mass is 9.99. The third-order valence-corrected chi connectivity index (χ3v) is 3.11. The first-order valence-corrected chi connectivity index (χ1v) is 5.79. The summed E-state index contributed by atoms with van der Waals surface area (Å²) < 4.78 is 0.523. The van der Waals surface area contributed by atoms with E-state index >= 15 is 0 Å². The molecule has 4 heteroatoms. The number of nitro groups is 1. The molecule has 82 valence electrons. The number of hydrogen-bond donors (Lipinski definition) is 0. The second-order valence-electron chi connectivity index (χ2n) is 3.56. The van der Waals surface area contributed by atoms with Crippen LogP contribution < -0.4 is 0 Å². The molecule has 0 amide bonds. The largest absolute Gasteiger partial charge is 0.283 e. The third kappa shape index (κ3) is 2.22. The van der Waals surface area contributed by atoms with Crippen LogP contribution in [0.5, 0.6) is 0 Å². The van der Waals surface area contributed by atoms with Crippen LogP contribution >= 0.6 is 15.9 Å². The summed E-state index contributed by atoms with van der Waals surface area (Å²) in [6, 6.07) is 5.10. The van der Waals surface area contributed by atoms with Gasteiger partial charge in [0.05, 0.1) is 9.40 Å². The van der Waals surface area contributed by atoms with Crippen LogP contribution in [0.1, 0.15) is 18.4 Å². The molecule has 3 nitrogen and oxygen atoms in total. The minimum Gasteiger partial charge on any atom is -0.258 e. The highest BCUT2D eigenvalue weighted by Crippen LogP contribution is 2.30. The highest BCUT2D eigenvalue weighted by atomic mass is 79.9. The van der Waals surface area contributed by atoms with Gasteiger partial charge in [0.25, 0.3) is 5.69 Å². The van der Waals surface area contributed by atoms with Gasteiger partial charge in [-0.15, -0.1) is 0 Å². The average Bonchev–Trinajstić information content (AvgIpc) is 2.29. The summed E-state index contributed by atoms with van der Waals surface area (Å²) in [4.78, 5) is 10.3. The van der Waals surface area contributed by atoms with Gasteiger partial charge >= 0.3 is 0 Å². The summed E-state index contributed by atoms with van der Waals surface area (Å²) in [6.45, 7) is 0. The van der Waals surface area contributed by atoms with E-state index in [1.54, 1.807) is 12.1 Å². The molecule has 16 heavy (non-hydrogen) atoms. The first kappa shape index (κ1) is 11.1. The van der Waals surface area contributed by atoms with Gasteiger partial charge in [0.2, 0.25) is 0 Å². The van der Waals surface area contributed by atoms with Crippen LogP contribution in [0.4, 0.5) is 5.69 Å². The maximum atomic E-state index is 10.7. The lowest BCUT2D eigenvalue weighted by Crippen LogP contribution is -1.91. The fourth-order valence-electron chi connectivity index (χ4n) is 1.66. The van der Waals surface area contributed by atoms with Gasteiger partial charge < -0.3 is 0 Å². The van der Waals surface area contributed by atoms with Crippen molar-refractivity contribution in [2.24, 2.45) is 0 Å². The molecule has 0 atom stereocenters. The fourth-order valence-corrected chi connectivity index (χ4v) is 2.19. The smallest absolute Gasteiger partial charge is 0.258 e. The Kier molecular flexibility index (Phi) is 3.19. The highest BCUT2D eigenvalue weighted by Gasteiger charge is 2.12. The van der Waals surface area contributed by atoms with E-state index in [1.807, 2.05) is 0 Å². The van der Waals surface area contributed by atoms with Crippen molar-refractivity contribution in [2.45, 2.75) is 12.8 Å². The second kappa shape index (κ2) is 4.61. The van der Waals surface area contributed by atoms with Gasteiger partial charge in [-0.3, -0.25) is 10.1 Å². The number of hydrogen-bond acceptors (Lipinski definition) is 2. The minimum absolute atomic E-state index is 0.101. The Morgan fingerprint density at radius 3 is 2.69 bits per heavy atom. The van der Waals surface area contributed by atoms with Gasteiger partial charge in [0, 0.05) is 6.07 Å². The van der Waals surface area contributed by atoms with E-state index in [1.165, 1.54) is 6.07 Å². The summed E-state index contributed by atoms with van der Waals surface area (Å²) in [5.41, 5.74) is 2.24. The molecule has 0 N–H and O–H groups in total. The molecule has 0 radical (unpaired) electrons. The van der Waals surface area contributed by atoms with Gasteiger partial charge in [-0.05, 0) is 52.0 Å². The van der Waals surface area contributed by atoms with Gasteiger partial charge in [-0.2, -0.15) is 0 Å². The zero-order valence-electron chi connectivity index (χ0n) is 8.52. The van der Waals surface area contributed by atoms with Crippen LogP contribution in [0.15, 0.2) is 40.9 Å². The number of allylic oxidation sites excluding steroid dienone is 4. The van der Waals surface area contributed by atoms with E-state index in [2.05, 4.69) is 34.2 Å². The molecule has 1 aliphatic carbocycles. The molecule has 0 aromatic heterocycles. The molecule has 0 heterocycles. The lowest BCUT2D eigenvalue weighted by Gasteiger charge is -2.07. The van der Waals surface area contributed by atoms with Crippen molar-refractivity contribution in [2.75, 3.05) is 0 Å². The fraction of sp³-hybridized carbons (Fsp3) is 0.167. The number of halogens is 1. The molecular weight excluding hydrogens is 270 g/mol. The Morgan fingerprint density at radius 2 is 2.12 bits per heavy atom. The maximum Gasteiger partial charge on any atom is 0.283 e. The molecule has 0 aliphatic heterocycles. The van der Waals surface area contributed by atoms with Gasteiger partial charge in [-0.25, -0.2) is 0 Å². The topological polar surface area (TPSA) is 43.1 Å². The van der Waals surface area contributed by atoms with E-state index in [-0.39, 0.29) is 10.6 Å². The predicted octanol–water partition coefficient (Wildman–Crippen LogP) is 4.09. The van der Waals surface area contributed by atoms with E-state index < -0.39 is 0 Å². The molecule has 0 spiro atoms. The van der Waals surface area contributed by atoms with Crippen LogP contribution in [-0.2, 0) is 0 Å². The van der Waals surface area contributed by atoms with Gasteiger partial charge in [0.15, 0.2) is 0 Å².